The predicted octanol–water partition coefficient (Wildman–Crippen LogP) is 2.91. The van der Waals surface area contributed by atoms with E-state index in [2.05, 4.69) is 24.1 Å². The van der Waals surface area contributed by atoms with Gasteiger partial charge in [-0.2, -0.15) is 0 Å². The molecular weight excluding hydrogens is 382 g/mol. The highest BCUT2D eigenvalue weighted by Crippen LogP contribution is 2.37. The third-order valence-corrected chi connectivity index (χ3v) is 6.20. The van der Waals surface area contributed by atoms with Gasteiger partial charge >= 0.3 is 0 Å². The van der Waals surface area contributed by atoms with Crippen LogP contribution in [0.5, 0.6) is 5.75 Å². The maximum atomic E-state index is 12.5. The number of carbonyl (C=O) groups is 3. The van der Waals surface area contributed by atoms with Crippen molar-refractivity contribution in [1.82, 2.24) is 9.80 Å². The van der Waals surface area contributed by atoms with Crippen LogP contribution in [0.2, 0.25) is 0 Å². The van der Waals surface area contributed by atoms with E-state index in [1.54, 1.807) is 12.1 Å². The zero-order valence-corrected chi connectivity index (χ0v) is 18.1. The first-order valence-electron chi connectivity index (χ1n) is 11.1. The van der Waals surface area contributed by atoms with Gasteiger partial charge in [0.15, 0.2) is 0 Å². The molecule has 30 heavy (non-hydrogen) atoms. The molecule has 0 bridgehead atoms. The van der Waals surface area contributed by atoms with Crippen molar-refractivity contribution >= 4 is 23.4 Å². The van der Waals surface area contributed by atoms with Crippen LogP contribution < -0.4 is 10.1 Å². The molecule has 7 nitrogen and oxygen atoms in total. The molecule has 0 aromatic heterocycles. The number of rotatable bonds is 10. The van der Waals surface area contributed by atoms with Gasteiger partial charge in [0.2, 0.25) is 17.7 Å². The number of amides is 3. The van der Waals surface area contributed by atoms with Gasteiger partial charge in [-0.05, 0) is 50.2 Å². The Kier molecular flexibility index (Phi) is 7.85. The first-order chi connectivity index (χ1) is 14.5. The summed E-state index contributed by atoms with van der Waals surface area (Å²) < 4.78 is 5.75. The number of hydrogen-bond acceptors (Lipinski definition) is 5. The van der Waals surface area contributed by atoms with Crippen LogP contribution in [-0.2, 0) is 14.4 Å². The molecular formula is C23H33N3O4. The highest BCUT2D eigenvalue weighted by Gasteiger charge is 2.47. The van der Waals surface area contributed by atoms with E-state index >= 15 is 0 Å². The Balaban J connectivity index is 1.43. The fraction of sp³-hybridized carbons (Fsp3) is 0.609. The van der Waals surface area contributed by atoms with Crippen molar-refractivity contribution in [2.24, 2.45) is 11.8 Å². The fourth-order valence-electron chi connectivity index (χ4n) is 4.36. The molecule has 2 fully saturated rings. The molecule has 1 aromatic rings. The number of nitrogens with zero attached hydrogens (tertiary/aromatic N) is 2. The molecule has 2 atom stereocenters. The van der Waals surface area contributed by atoms with Crippen LogP contribution in [-0.4, -0.2) is 60.3 Å². The van der Waals surface area contributed by atoms with Crippen LogP contribution in [0.1, 0.15) is 46.0 Å². The Hall–Kier alpha value is -2.41. The number of nitrogens with one attached hydrogen (secondary N) is 1. The van der Waals surface area contributed by atoms with Gasteiger partial charge in [0.1, 0.15) is 12.4 Å². The van der Waals surface area contributed by atoms with Crippen molar-refractivity contribution in [3.63, 3.8) is 0 Å². The van der Waals surface area contributed by atoms with Crippen molar-refractivity contribution in [2.75, 3.05) is 38.1 Å². The van der Waals surface area contributed by atoms with Crippen LogP contribution in [0.25, 0.3) is 0 Å². The molecule has 2 aliphatic rings. The van der Waals surface area contributed by atoms with Gasteiger partial charge in [0.25, 0.3) is 0 Å². The zero-order chi connectivity index (χ0) is 21.5. The third-order valence-electron chi connectivity index (χ3n) is 6.20. The Bertz CT molecular complexity index is 721. The fourth-order valence-corrected chi connectivity index (χ4v) is 4.36. The lowest BCUT2D eigenvalue weighted by Gasteiger charge is -2.19. The summed E-state index contributed by atoms with van der Waals surface area (Å²) in [5.74, 6) is 0.0382. The number of benzene rings is 1. The monoisotopic (exact) mass is 415 g/mol. The summed E-state index contributed by atoms with van der Waals surface area (Å²) in [6.45, 7) is 7.91. The molecule has 0 spiro atoms. The van der Waals surface area contributed by atoms with E-state index in [0.717, 1.165) is 51.1 Å². The van der Waals surface area contributed by atoms with Crippen molar-refractivity contribution in [3.05, 3.63) is 24.3 Å². The van der Waals surface area contributed by atoms with Crippen LogP contribution in [0, 0.1) is 11.8 Å². The second-order valence-electron chi connectivity index (χ2n) is 8.02. The molecule has 1 saturated heterocycles. The molecule has 1 aliphatic heterocycles. The Morgan fingerprint density at radius 1 is 1.07 bits per heavy atom. The van der Waals surface area contributed by atoms with Crippen LogP contribution in [0.3, 0.4) is 0 Å². The Morgan fingerprint density at radius 2 is 1.67 bits per heavy atom. The summed E-state index contributed by atoms with van der Waals surface area (Å²) >= 11 is 0. The number of likely N-dealkylation sites (N-methyl/N-ethyl adjacent to an activating group) is 1. The van der Waals surface area contributed by atoms with Gasteiger partial charge < -0.3 is 15.0 Å². The second kappa shape index (κ2) is 10.6. The van der Waals surface area contributed by atoms with Gasteiger partial charge in [0, 0.05) is 25.2 Å². The molecule has 1 aliphatic carbocycles. The van der Waals surface area contributed by atoms with Crippen LogP contribution in [0.15, 0.2) is 24.3 Å². The van der Waals surface area contributed by atoms with Gasteiger partial charge in [-0.15, -0.1) is 0 Å². The third kappa shape index (κ3) is 5.39. The number of anilines is 1. The maximum absolute atomic E-state index is 12.5. The summed E-state index contributed by atoms with van der Waals surface area (Å²) in [7, 11) is 0. The standard InChI is InChI=1S/C23H33N3O4/c1-3-25(4-2)15-16-30-18-11-9-17(10-12-18)24-21(27)13-14-26-22(28)19-7-5-6-8-20(19)23(26)29/h9-12,19-20H,3-8,13-16H2,1-2H3,(H,24,27). The minimum absolute atomic E-state index is 0.0938. The summed E-state index contributed by atoms with van der Waals surface area (Å²) in [6, 6.07) is 7.25. The average molecular weight is 416 g/mol. The number of fused-ring (bicyclic) bond motifs is 1. The van der Waals surface area contributed by atoms with Gasteiger partial charge in [-0.3, -0.25) is 19.3 Å². The number of ether oxygens (including phenoxy) is 1. The smallest absolute Gasteiger partial charge is 0.233 e. The van der Waals surface area contributed by atoms with E-state index in [1.165, 1.54) is 4.90 Å². The molecule has 164 valence electrons. The second-order valence-corrected chi connectivity index (χ2v) is 8.02. The summed E-state index contributed by atoms with van der Waals surface area (Å²) in [5.41, 5.74) is 0.670. The van der Waals surface area contributed by atoms with E-state index in [1.807, 2.05) is 12.1 Å². The van der Waals surface area contributed by atoms with E-state index < -0.39 is 0 Å². The minimum atomic E-state index is -0.208. The van der Waals surface area contributed by atoms with E-state index in [4.69, 9.17) is 4.74 Å². The largest absolute Gasteiger partial charge is 0.492 e. The lowest BCUT2D eigenvalue weighted by atomic mass is 9.81. The first kappa shape index (κ1) is 22.3. The quantitative estimate of drug-likeness (QED) is 0.595. The lowest BCUT2D eigenvalue weighted by Crippen LogP contribution is -2.34. The van der Waals surface area contributed by atoms with Crippen molar-refractivity contribution in [2.45, 2.75) is 46.0 Å². The van der Waals surface area contributed by atoms with E-state index in [0.29, 0.717) is 12.3 Å². The molecule has 1 aromatic carbocycles. The van der Waals surface area contributed by atoms with Crippen molar-refractivity contribution < 1.29 is 19.1 Å². The molecule has 1 N–H and O–H groups in total. The minimum Gasteiger partial charge on any atom is -0.492 e. The molecule has 1 saturated carbocycles. The number of carbonyl (C=O) groups excluding carboxylic acids is 3. The van der Waals surface area contributed by atoms with E-state index in [9.17, 15) is 14.4 Å². The average Bonchev–Trinajstić information content (AvgIpc) is 3.01. The molecule has 3 amide bonds. The van der Waals surface area contributed by atoms with Crippen molar-refractivity contribution in [1.29, 1.82) is 0 Å². The van der Waals surface area contributed by atoms with Gasteiger partial charge in [-0.1, -0.05) is 26.7 Å². The van der Waals surface area contributed by atoms with Crippen LogP contribution in [0.4, 0.5) is 5.69 Å². The number of hydrogen-bond donors (Lipinski definition) is 1. The van der Waals surface area contributed by atoms with Gasteiger partial charge in [0.05, 0.1) is 11.8 Å². The first-order valence-corrected chi connectivity index (χ1v) is 11.1. The number of likely N-dealkylation sites (tertiary alicyclic amines) is 1. The topological polar surface area (TPSA) is 79.0 Å². The maximum Gasteiger partial charge on any atom is 0.233 e. The molecule has 3 rings (SSSR count). The highest BCUT2D eigenvalue weighted by atomic mass is 16.5. The Morgan fingerprint density at radius 3 is 2.23 bits per heavy atom. The summed E-state index contributed by atoms with van der Waals surface area (Å²) in [4.78, 5) is 40.9. The normalized spacial score (nSPS) is 21.1. The summed E-state index contributed by atoms with van der Waals surface area (Å²) in [5, 5.41) is 2.83. The molecule has 0 radical (unpaired) electrons. The number of imide groups is 1. The molecule has 2 unspecified atom stereocenters. The van der Waals surface area contributed by atoms with Gasteiger partial charge in [-0.25, -0.2) is 0 Å². The predicted molar refractivity (Wildman–Crippen MR) is 115 cm³/mol. The summed E-state index contributed by atoms with van der Waals surface area (Å²) in [6.07, 6.45) is 3.70. The Labute approximate surface area is 178 Å². The highest BCUT2D eigenvalue weighted by molar-refractivity contribution is 6.05. The zero-order valence-electron chi connectivity index (χ0n) is 18.1. The molecule has 7 heteroatoms. The van der Waals surface area contributed by atoms with Crippen molar-refractivity contribution in [3.8, 4) is 5.75 Å². The molecule has 1 heterocycles. The van der Waals surface area contributed by atoms with E-state index in [-0.39, 0.29) is 42.5 Å². The lowest BCUT2D eigenvalue weighted by molar-refractivity contribution is -0.140. The van der Waals surface area contributed by atoms with Crippen LogP contribution >= 0.6 is 0 Å². The SMILES string of the molecule is CCN(CC)CCOc1ccc(NC(=O)CCN2C(=O)C3CCCCC3C2=O)cc1.